The Hall–Kier alpha value is 0.517. The van der Waals surface area contributed by atoms with Crippen LogP contribution in [0.15, 0.2) is 0 Å². The Balaban J connectivity index is 0.000001000. The monoisotopic (exact) mass is 150 g/mol. The molecule has 0 aromatic heterocycles. The number of hydrogen-bond acceptors (Lipinski definition) is 2. The molecule has 1 aliphatic rings. The first-order chi connectivity index (χ1) is 4.77. The smallest absolute Gasteiger partial charge is 0.348 e. The first kappa shape index (κ1) is 11.5. The standard InChI is InChI=1S/C8H15O2.Li/c1-3-4-5-8(2)9-6-7-10-8;/h1,3-7H2,2H3;/q-1;+1. The van der Waals surface area contributed by atoms with E-state index in [1.165, 1.54) is 0 Å². The van der Waals surface area contributed by atoms with Gasteiger partial charge in [-0.1, -0.05) is 6.42 Å². The van der Waals surface area contributed by atoms with Crippen LogP contribution in [0.1, 0.15) is 26.2 Å². The molecule has 0 aromatic carbocycles. The molecule has 1 rings (SSSR count). The molecule has 0 unspecified atom stereocenters. The molecular formula is C8H15LiO2. The molecule has 1 aliphatic heterocycles. The van der Waals surface area contributed by atoms with Crippen molar-refractivity contribution in [2.75, 3.05) is 13.2 Å². The van der Waals surface area contributed by atoms with Crippen molar-refractivity contribution in [1.82, 2.24) is 0 Å². The number of ether oxygens (including phenoxy) is 2. The van der Waals surface area contributed by atoms with Crippen molar-refractivity contribution in [2.45, 2.75) is 32.0 Å². The summed E-state index contributed by atoms with van der Waals surface area (Å²) in [7, 11) is 0. The molecule has 1 saturated heterocycles. The number of unbranched alkanes of at least 4 members (excludes halogenated alkanes) is 1. The van der Waals surface area contributed by atoms with E-state index in [0.29, 0.717) is 0 Å². The third-order valence-corrected chi connectivity index (χ3v) is 1.78. The summed E-state index contributed by atoms with van der Waals surface area (Å²) in [6.45, 7) is 7.25. The maximum Gasteiger partial charge on any atom is 1.00 e. The van der Waals surface area contributed by atoms with Gasteiger partial charge in [0.05, 0.1) is 13.2 Å². The zero-order valence-corrected chi connectivity index (χ0v) is 7.56. The minimum absolute atomic E-state index is 0. The molecule has 1 fully saturated rings. The van der Waals surface area contributed by atoms with Crippen LogP contribution in [-0.4, -0.2) is 19.0 Å². The minimum Gasteiger partial charge on any atom is -0.348 e. The maximum absolute atomic E-state index is 5.39. The third-order valence-electron chi connectivity index (χ3n) is 1.78. The van der Waals surface area contributed by atoms with Crippen molar-refractivity contribution < 1.29 is 28.3 Å². The molecule has 0 aliphatic carbocycles. The quantitative estimate of drug-likeness (QED) is 0.370. The van der Waals surface area contributed by atoms with Crippen molar-refractivity contribution in [3.05, 3.63) is 6.92 Å². The first-order valence-corrected chi connectivity index (χ1v) is 3.84. The summed E-state index contributed by atoms with van der Waals surface area (Å²) in [5, 5.41) is 0. The fraction of sp³-hybridized carbons (Fsp3) is 0.875. The van der Waals surface area contributed by atoms with E-state index in [1.807, 2.05) is 6.92 Å². The van der Waals surface area contributed by atoms with Gasteiger partial charge in [0.25, 0.3) is 0 Å². The summed E-state index contributed by atoms with van der Waals surface area (Å²) in [6, 6.07) is 0. The van der Waals surface area contributed by atoms with Crippen LogP contribution in [0.5, 0.6) is 0 Å². The molecule has 60 valence electrons. The van der Waals surface area contributed by atoms with Crippen molar-refractivity contribution in [2.24, 2.45) is 0 Å². The van der Waals surface area contributed by atoms with E-state index in [-0.39, 0.29) is 24.6 Å². The molecule has 2 nitrogen and oxygen atoms in total. The van der Waals surface area contributed by atoms with Gasteiger partial charge in [0.15, 0.2) is 5.79 Å². The molecular weight excluding hydrogens is 135 g/mol. The maximum atomic E-state index is 5.39. The Morgan fingerprint density at radius 1 is 1.36 bits per heavy atom. The van der Waals surface area contributed by atoms with Gasteiger partial charge in [-0.05, 0) is 13.3 Å². The van der Waals surface area contributed by atoms with E-state index >= 15 is 0 Å². The minimum atomic E-state index is -0.294. The summed E-state index contributed by atoms with van der Waals surface area (Å²) >= 11 is 0. The second-order valence-electron chi connectivity index (χ2n) is 2.79. The molecule has 0 bridgehead atoms. The van der Waals surface area contributed by atoms with Crippen LogP contribution >= 0.6 is 0 Å². The zero-order valence-electron chi connectivity index (χ0n) is 7.56. The van der Waals surface area contributed by atoms with Gasteiger partial charge in [0.2, 0.25) is 0 Å². The largest absolute Gasteiger partial charge is 1.00 e. The van der Waals surface area contributed by atoms with Crippen molar-refractivity contribution in [3.63, 3.8) is 0 Å². The summed E-state index contributed by atoms with van der Waals surface area (Å²) in [5.74, 6) is -0.294. The average molecular weight is 150 g/mol. The zero-order chi connectivity index (χ0) is 7.45. The number of rotatable bonds is 3. The van der Waals surface area contributed by atoms with Gasteiger partial charge < -0.3 is 16.4 Å². The van der Waals surface area contributed by atoms with Crippen molar-refractivity contribution in [3.8, 4) is 0 Å². The molecule has 0 amide bonds. The average Bonchev–Trinajstić information content (AvgIpc) is 2.33. The fourth-order valence-electron chi connectivity index (χ4n) is 1.15. The van der Waals surface area contributed by atoms with Crippen LogP contribution in [0.25, 0.3) is 0 Å². The Morgan fingerprint density at radius 3 is 2.36 bits per heavy atom. The van der Waals surface area contributed by atoms with E-state index in [2.05, 4.69) is 6.92 Å². The fourth-order valence-corrected chi connectivity index (χ4v) is 1.15. The predicted octanol–water partition coefficient (Wildman–Crippen LogP) is -1.24. The summed E-state index contributed by atoms with van der Waals surface area (Å²) in [5.41, 5.74) is 0. The van der Waals surface area contributed by atoms with E-state index in [4.69, 9.17) is 9.47 Å². The van der Waals surface area contributed by atoms with E-state index < -0.39 is 0 Å². The van der Waals surface area contributed by atoms with Gasteiger partial charge in [-0.25, -0.2) is 0 Å². The van der Waals surface area contributed by atoms with Crippen molar-refractivity contribution >= 4 is 0 Å². The third kappa shape index (κ3) is 3.62. The molecule has 11 heavy (non-hydrogen) atoms. The van der Waals surface area contributed by atoms with Gasteiger partial charge >= 0.3 is 18.9 Å². The normalized spacial score (nSPS) is 21.3. The van der Waals surface area contributed by atoms with Crippen LogP contribution < -0.4 is 18.9 Å². The summed E-state index contributed by atoms with van der Waals surface area (Å²) < 4.78 is 10.8. The van der Waals surface area contributed by atoms with Gasteiger partial charge in [-0.15, -0.1) is 0 Å². The molecule has 0 aromatic rings. The van der Waals surface area contributed by atoms with Crippen LogP contribution in [0.2, 0.25) is 0 Å². The summed E-state index contributed by atoms with van der Waals surface area (Å²) in [6.07, 6.45) is 3.01. The van der Waals surface area contributed by atoms with Gasteiger partial charge in [-0.3, -0.25) is 0 Å². The molecule has 0 spiro atoms. The van der Waals surface area contributed by atoms with E-state index in [1.54, 1.807) is 0 Å². The van der Waals surface area contributed by atoms with Crippen molar-refractivity contribution in [1.29, 1.82) is 0 Å². The van der Waals surface area contributed by atoms with Crippen LogP contribution in [-0.2, 0) is 9.47 Å². The van der Waals surface area contributed by atoms with Crippen LogP contribution in [0, 0.1) is 6.92 Å². The molecule has 0 N–H and O–H groups in total. The SMILES string of the molecule is [CH2-]CCCC1(C)OCCO1.[Li+]. The first-order valence-electron chi connectivity index (χ1n) is 3.84. The van der Waals surface area contributed by atoms with Gasteiger partial charge in [0.1, 0.15) is 0 Å². The second-order valence-corrected chi connectivity index (χ2v) is 2.79. The topological polar surface area (TPSA) is 18.5 Å². The van der Waals surface area contributed by atoms with Crippen LogP contribution in [0.4, 0.5) is 0 Å². The van der Waals surface area contributed by atoms with Crippen LogP contribution in [0.3, 0.4) is 0 Å². The molecule has 0 atom stereocenters. The Kier molecular flexibility index (Phi) is 5.46. The molecule has 1 heterocycles. The van der Waals surface area contributed by atoms with Gasteiger partial charge in [-0.2, -0.15) is 6.42 Å². The molecule has 0 saturated carbocycles. The summed E-state index contributed by atoms with van der Waals surface area (Å²) in [4.78, 5) is 0. The predicted molar refractivity (Wildman–Crippen MR) is 39.5 cm³/mol. The van der Waals surface area contributed by atoms with E-state index in [0.717, 1.165) is 32.5 Å². The Morgan fingerprint density at radius 2 is 1.91 bits per heavy atom. The Labute approximate surface area is 80.8 Å². The van der Waals surface area contributed by atoms with E-state index in [9.17, 15) is 0 Å². The molecule has 3 heteroatoms. The Bertz CT molecular complexity index is 100. The van der Waals surface area contributed by atoms with Gasteiger partial charge in [0, 0.05) is 0 Å². The molecule has 0 radical (unpaired) electrons. The number of hydrogen-bond donors (Lipinski definition) is 0. The second kappa shape index (κ2) is 5.21.